The lowest BCUT2D eigenvalue weighted by Crippen LogP contribution is -2.56. The summed E-state index contributed by atoms with van der Waals surface area (Å²) >= 11 is 0. The molecule has 7 heteroatoms. The van der Waals surface area contributed by atoms with Crippen LogP contribution in [-0.2, 0) is 19.7 Å². The first-order valence-electron chi connectivity index (χ1n) is 12.2. The number of hydrogen-bond donors (Lipinski definition) is 1. The molecule has 176 valence electrons. The summed E-state index contributed by atoms with van der Waals surface area (Å²) in [4.78, 5) is 31.9. The lowest BCUT2D eigenvalue weighted by molar-refractivity contribution is -0.141. The molecule has 1 aromatic rings. The van der Waals surface area contributed by atoms with Gasteiger partial charge in [0.05, 0.1) is 25.8 Å². The molecule has 1 aliphatic carbocycles. The van der Waals surface area contributed by atoms with Gasteiger partial charge in [0, 0.05) is 51.2 Å². The summed E-state index contributed by atoms with van der Waals surface area (Å²) in [5.74, 6) is 0.306. The predicted molar refractivity (Wildman–Crippen MR) is 124 cm³/mol. The van der Waals surface area contributed by atoms with E-state index in [1.807, 2.05) is 11.8 Å². The van der Waals surface area contributed by atoms with Crippen molar-refractivity contribution in [2.75, 3.05) is 65.6 Å². The smallest absolute Gasteiger partial charge is 0.239 e. The van der Waals surface area contributed by atoms with E-state index in [2.05, 4.69) is 45.4 Å². The van der Waals surface area contributed by atoms with Crippen LogP contribution in [0.3, 0.4) is 0 Å². The predicted octanol–water partition coefficient (Wildman–Crippen LogP) is 1.48. The number of piperazine rings is 1. The van der Waals surface area contributed by atoms with E-state index in [4.69, 9.17) is 4.74 Å². The molecule has 0 bridgehead atoms. The highest BCUT2D eigenvalue weighted by Gasteiger charge is 2.36. The molecule has 3 aliphatic rings. The van der Waals surface area contributed by atoms with Crippen molar-refractivity contribution in [3.8, 4) is 0 Å². The normalized spacial score (nSPS) is 23.1. The molecule has 0 radical (unpaired) electrons. The molecule has 1 atom stereocenters. The molecule has 1 saturated carbocycles. The zero-order valence-electron chi connectivity index (χ0n) is 19.4. The Hall–Kier alpha value is -1.96. The van der Waals surface area contributed by atoms with Gasteiger partial charge in [0.15, 0.2) is 0 Å². The number of morpholine rings is 1. The Labute approximate surface area is 192 Å². The SMILES string of the molecule is CC(C(=O)N1CCOCC1)N1CCN(CC(=O)NCC2(c3ccccc3)CCCC2)CC1. The fourth-order valence-electron chi connectivity index (χ4n) is 5.45. The lowest BCUT2D eigenvalue weighted by atomic mass is 9.79. The van der Waals surface area contributed by atoms with Crippen LogP contribution in [0.1, 0.15) is 38.2 Å². The van der Waals surface area contributed by atoms with Crippen LogP contribution in [0.4, 0.5) is 0 Å². The van der Waals surface area contributed by atoms with Crippen molar-refractivity contribution < 1.29 is 14.3 Å². The number of nitrogens with one attached hydrogen (secondary N) is 1. The molecular weight excluding hydrogens is 404 g/mol. The zero-order chi connectivity index (χ0) is 22.4. The van der Waals surface area contributed by atoms with Gasteiger partial charge in [-0.1, -0.05) is 43.2 Å². The molecular formula is C25H38N4O3. The molecule has 1 aromatic carbocycles. The van der Waals surface area contributed by atoms with E-state index in [9.17, 15) is 9.59 Å². The summed E-state index contributed by atoms with van der Waals surface area (Å²) in [6, 6.07) is 10.5. The van der Waals surface area contributed by atoms with E-state index in [-0.39, 0.29) is 23.3 Å². The minimum absolute atomic E-state index is 0.0882. The first-order chi connectivity index (χ1) is 15.6. The lowest BCUT2D eigenvalue weighted by Gasteiger charge is -2.39. The molecule has 0 aromatic heterocycles. The standard InChI is InChI=1S/C25H38N4O3/c1-21(24(31)29-15-17-32-18-16-29)28-13-11-27(12-14-28)19-23(30)26-20-25(9-5-6-10-25)22-7-3-2-4-8-22/h2-4,7-8,21H,5-6,9-20H2,1H3,(H,26,30). The van der Waals surface area contributed by atoms with E-state index < -0.39 is 0 Å². The van der Waals surface area contributed by atoms with Crippen molar-refractivity contribution in [1.82, 2.24) is 20.0 Å². The highest BCUT2D eigenvalue weighted by Crippen LogP contribution is 2.40. The van der Waals surface area contributed by atoms with E-state index in [0.717, 1.165) is 45.6 Å². The third kappa shape index (κ3) is 5.50. The molecule has 2 heterocycles. The van der Waals surface area contributed by atoms with Gasteiger partial charge in [-0.3, -0.25) is 19.4 Å². The number of ether oxygens (including phenoxy) is 1. The third-order valence-corrected chi connectivity index (χ3v) is 7.57. The van der Waals surface area contributed by atoms with Crippen LogP contribution in [0.2, 0.25) is 0 Å². The largest absolute Gasteiger partial charge is 0.378 e. The average Bonchev–Trinajstić information content (AvgIpc) is 3.34. The molecule has 2 amide bonds. The highest BCUT2D eigenvalue weighted by atomic mass is 16.5. The van der Waals surface area contributed by atoms with Gasteiger partial charge in [-0.2, -0.15) is 0 Å². The molecule has 1 N–H and O–H groups in total. The molecule has 7 nitrogen and oxygen atoms in total. The maximum Gasteiger partial charge on any atom is 0.239 e. The molecule has 3 fully saturated rings. The second-order valence-electron chi connectivity index (χ2n) is 9.56. The average molecular weight is 443 g/mol. The van der Waals surface area contributed by atoms with Crippen molar-refractivity contribution in [2.24, 2.45) is 0 Å². The Morgan fingerprint density at radius 2 is 1.66 bits per heavy atom. The topological polar surface area (TPSA) is 65.1 Å². The second kappa shape index (κ2) is 10.8. The number of nitrogens with zero attached hydrogens (tertiary/aromatic N) is 3. The van der Waals surface area contributed by atoms with Crippen molar-refractivity contribution in [1.29, 1.82) is 0 Å². The van der Waals surface area contributed by atoms with Gasteiger partial charge in [-0.05, 0) is 25.3 Å². The zero-order valence-corrected chi connectivity index (χ0v) is 19.4. The van der Waals surface area contributed by atoms with Gasteiger partial charge in [0.2, 0.25) is 11.8 Å². The fourth-order valence-corrected chi connectivity index (χ4v) is 5.45. The Bertz CT molecular complexity index is 752. The summed E-state index contributed by atoms with van der Waals surface area (Å²) in [7, 11) is 0. The summed E-state index contributed by atoms with van der Waals surface area (Å²) in [5.41, 5.74) is 1.44. The minimum atomic E-state index is -0.114. The van der Waals surface area contributed by atoms with Crippen LogP contribution in [0, 0.1) is 0 Å². The van der Waals surface area contributed by atoms with E-state index >= 15 is 0 Å². The first kappa shape index (κ1) is 23.2. The molecule has 4 rings (SSSR count). The Morgan fingerprint density at radius 3 is 2.31 bits per heavy atom. The molecule has 2 aliphatic heterocycles. The molecule has 2 saturated heterocycles. The minimum Gasteiger partial charge on any atom is -0.378 e. The number of benzene rings is 1. The van der Waals surface area contributed by atoms with E-state index in [1.54, 1.807) is 0 Å². The Kier molecular flexibility index (Phi) is 7.81. The van der Waals surface area contributed by atoms with Crippen molar-refractivity contribution in [3.05, 3.63) is 35.9 Å². The van der Waals surface area contributed by atoms with Crippen LogP contribution in [0.15, 0.2) is 30.3 Å². The van der Waals surface area contributed by atoms with E-state index in [0.29, 0.717) is 32.8 Å². The van der Waals surface area contributed by atoms with Crippen molar-refractivity contribution >= 4 is 11.8 Å². The molecule has 32 heavy (non-hydrogen) atoms. The van der Waals surface area contributed by atoms with Gasteiger partial charge in [0.1, 0.15) is 0 Å². The molecule has 1 unspecified atom stereocenters. The fraction of sp³-hybridized carbons (Fsp3) is 0.680. The molecule has 0 spiro atoms. The number of rotatable bonds is 7. The van der Waals surface area contributed by atoms with Crippen LogP contribution in [0.5, 0.6) is 0 Å². The number of carbonyl (C=O) groups excluding carboxylic acids is 2. The van der Waals surface area contributed by atoms with E-state index in [1.165, 1.54) is 18.4 Å². The van der Waals surface area contributed by atoms with Gasteiger partial charge in [0.25, 0.3) is 0 Å². The number of hydrogen-bond acceptors (Lipinski definition) is 5. The quantitative estimate of drug-likeness (QED) is 0.693. The monoisotopic (exact) mass is 442 g/mol. The number of amides is 2. The maximum atomic E-state index is 12.8. The van der Waals surface area contributed by atoms with Crippen LogP contribution in [0.25, 0.3) is 0 Å². The summed E-state index contributed by atoms with van der Waals surface area (Å²) in [5, 5.41) is 3.24. The maximum absolute atomic E-state index is 12.8. The van der Waals surface area contributed by atoms with Crippen molar-refractivity contribution in [2.45, 2.75) is 44.1 Å². The van der Waals surface area contributed by atoms with Gasteiger partial charge >= 0.3 is 0 Å². The van der Waals surface area contributed by atoms with Crippen molar-refractivity contribution in [3.63, 3.8) is 0 Å². The Balaban J connectivity index is 1.22. The summed E-state index contributed by atoms with van der Waals surface area (Å²) < 4.78 is 5.36. The van der Waals surface area contributed by atoms with Crippen LogP contribution < -0.4 is 5.32 Å². The summed E-state index contributed by atoms with van der Waals surface area (Å²) in [6.07, 6.45) is 4.75. The van der Waals surface area contributed by atoms with Crippen LogP contribution in [-0.4, -0.2) is 98.1 Å². The third-order valence-electron chi connectivity index (χ3n) is 7.57. The van der Waals surface area contributed by atoms with Gasteiger partial charge in [-0.25, -0.2) is 0 Å². The van der Waals surface area contributed by atoms with Gasteiger partial charge < -0.3 is 15.0 Å². The Morgan fingerprint density at radius 1 is 1.00 bits per heavy atom. The second-order valence-corrected chi connectivity index (χ2v) is 9.56. The highest BCUT2D eigenvalue weighted by molar-refractivity contribution is 5.81. The van der Waals surface area contributed by atoms with Gasteiger partial charge in [-0.15, -0.1) is 0 Å². The first-order valence-corrected chi connectivity index (χ1v) is 12.2. The van der Waals surface area contributed by atoms with Crippen LogP contribution >= 0.6 is 0 Å². The summed E-state index contributed by atoms with van der Waals surface area (Å²) in [6.45, 7) is 9.07. The number of carbonyl (C=O) groups is 2.